The molecule has 5 heteroatoms. The minimum atomic E-state index is 0.442. The lowest BCUT2D eigenvalue weighted by Gasteiger charge is -2.32. The highest BCUT2D eigenvalue weighted by molar-refractivity contribution is 6.34. The summed E-state index contributed by atoms with van der Waals surface area (Å²) in [5.74, 6) is 0.614. The molecule has 0 radical (unpaired) electrons. The molecule has 0 aliphatic carbocycles. The summed E-state index contributed by atoms with van der Waals surface area (Å²) in [4.78, 5) is 6.46. The summed E-state index contributed by atoms with van der Waals surface area (Å²) in [5, 5.41) is 1.14. The number of hydrogen-bond acceptors (Lipinski definition) is 3. The molecule has 2 N–H and O–H groups in total. The Balaban J connectivity index is 2.00. The third kappa shape index (κ3) is 3.55. The van der Waals surface area contributed by atoms with Gasteiger partial charge in [0.1, 0.15) is 5.15 Å². The first-order chi connectivity index (χ1) is 8.19. The van der Waals surface area contributed by atoms with E-state index in [9.17, 15) is 0 Å². The van der Waals surface area contributed by atoms with E-state index in [0.29, 0.717) is 16.1 Å². The highest BCUT2D eigenvalue weighted by Crippen LogP contribution is 2.23. The SMILES string of the molecule is NCC1CCCN(Cc2cnc(Cl)cc2Cl)C1. The summed E-state index contributed by atoms with van der Waals surface area (Å²) in [5.41, 5.74) is 6.76. The number of rotatable bonds is 3. The molecule has 1 atom stereocenters. The fraction of sp³-hybridized carbons (Fsp3) is 0.583. The standard InChI is InChI=1S/C12H17Cl2N3/c13-11-4-12(14)16-6-10(11)8-17-3-1-2-9(5-15)7-17/h4,6,9H,1-3,5,7-8,15H2. The van der Waals surface area contributed by atoms with Gasteiger partial charge in [0.25, 0.3) is 0 Å². The minimum Gasteiger partial charge on any atom is -0.330 e. The Hall–Kier alpha value is -0.350. The minimum absolute atomic E-state index is 0.442. The fourth-order valence-corrected chi connectivity index (χ4v) is 2.71. The molecular formula is C12H17Cl2N3. The van der Waals surface area contributed by atoms with E-state index in [1.807, 2.05) is 0 Å². The maximum Gasteiger partial charge on any atom is 0.130 e. The third-order valence-electron chi connectivity index (χ3n) is 3.23. The fourth-order valence-electron chi connectivity index (χ4n) is 2.28. The zero-order chi connectivity index (χ0) is 12.3. The summed E-state index contributed by atoms with van der Waals surface area (Å²) >= 11 is 11.9. The van der Waals surface area contributed by atoms with Gasteiger partial charge in [0.2, 0.25) is 0 Å². The lowest BCUT2D eigenvalue weighted by Crippen LogP contribution is -2.37. The molecule has 17 heavy (non-hydrogen) atoms. The highest BCUT2D eigenvalue weighted by Gasteiger charge is 2.19. The van der Waals surface area contributed by atoms with E-state index in [1.54, 1.807) is 12.3 Å². The van der Waals surface area contributed by atoms with Crippen LogP contribution in [0, 0.1) is 5.92 Å². The zero-order valence-electron chi connectivity index (χ0n) is 9.70. The van der Waals surface area contributed by atoms with E-state index in [1.165, 1.54) is 12.8 Å². The number of nitrogens with zero attached hydrogens (tertiary/aromatic N) is 2. The molecule has 2 rings (SSSR count). The van der Waals surface area contributed by atoms with Gasteiger partial charge >= 0.3 is 0 Å². The van der Waals surface area contributed by atoms with Crippen molar-refractivity contribution >= 4 is 23.2 Å². The second kappa shape index (κ2) is 6.01. The average molecular weight is 274 g/mol. The Morgan fingerprint density at radius 1 is 1.47 bits per heavy atom. The zero-order valence-corrected chi connectivity index (χ0v) is 11.2. The van der Waals surface area contributed by atoms with Gasteiger partial charge in [-0.2, -0.15) is 0 Å². The normalized spacial score (nSPS) is 21.7. The topological polar surface area (TPSA) is 42.1 Å². The third-order valence-corrected chi connectivity index (χ3v) is 3.79. The Morgan fingerprint density at radius 3 is 3.00 bits per heavy atom. The van der Waals surface area contributed by atoms with Crippen molar-refractivity contribution < 1.29 is 0 Å². The van der Waals surface area contributed by atoms with Gasteiger partial charge in [-0.15, -0.1) is 0 Å². The van der Waals surface area contributed by atoms with Crippen LogP contribution in [0.3, 0.4) is 0 Å². The number of halogens is 2. The first kappa shape index (κ1) is 13.1. The average Bonchev–Trinajstić information content (AvgIpc) is 2.33. The molecule has 94 valence electrons. The van der Waals surface area contributed by atoms with Gasteiger partial charge in [-0.1, -0.05) is 23.2 Å². The van der Waals surface area contributed by atoms with E-state index in [-0.39, 0.29) is 0 Å². The summed E-state index contributed by atoms with van der Waals surface area (Å²) in [6, 6.07) is 1.70. The Morgan fingerprint density at radius 2 is 2.29 bits per heavy atom. The van der Waals surface area contributed by atoms with Crippen LogP contribution < -0.4 is 5.73 Å². The van der Waals surface area contributed by atoms with Gasteiger partial charge in [0.05, 0.1) is 0 Å². The summed E-state index contributed by atoms with van der Waals surface area (Å²) in [7, 11) is 0. The lowest BCUT2D eigenvalue weighted by atomic mass is 9.98. The Bertz CT molecular complexity index is 384. The molecule has 0 bridgehead atoms. The summed E-state index contributed by atoms with van der Waals surface area (Å²) < 4.78 is 0. The van der Waals surface area contributed by atoms with Crippen LogP contribution in [-0.4, -0.2) is 29.5 Å². The van der Waals surface area contributed by atoms with Gasteiger partial charge in [-0.25, -0.2) is 4.98 Å². The van der Waals surface area contributed by atoms with E-state index in [0.717, 1.165) is 31.7 Å². The molecule has 1 aliphatic rings. The Labute approximate surface area is 112 Å². The van der Waals surface area contributed by atoms with Crippen molar-refractivity contribution in [1.29, 1.82) is 0 Å². The molecule has 3 nitrogen and oxygen atoms in total. The number of pyridine rings is 1. The molecular weight excluding hydrogens is 257 g/mol. The Kier molecular flexibility index (Phi) is 4.62. The quantitative estimate of drug-likeness (QED) is 0.861. The number of piperidine rings is 1. The molecule has 0 amide bonds. The monoisotopic (exact) mass is 273 g/mol. The molecule has 0 spiro atoms. The van der Waals surface area contributed by atoms with Crippen LogP contribution in [0.25, 0.3) is 0 Å². The van der Waals surface area contributed by atoms with Crippen molar-refractivity contribution in [3.63, 3.8) is 0 Å². The predicted octanol–water partition coefficient (Wildman–Crippen LogP) is 2.56. The van der Waals surface area contributed by atoms with Crippen molar-refractivity contribution in [2.24, 2.45) is 11.7 Å². The van der Waals surface area contributed by atoms with E-state index in [2.05, 4.69) is 9.88 Å². The molecule has 1 aromatic heterocycles. The molecule has 1 aromatic rings. The molecule has 1 fully saturated rings. The van der Waals surface area contributed by atoms with Crippen LogP contribution in [0.5, 0.6) is 0 Å². The van der Waals surface area contributed by atoms with Gasteiger partial charge in [-0.05, 0) is 37.9 Å². The first-order valence-corrected chi connectivity index (χ1v) is 6.67. The van der Waals surface area contributed by atoms with Crippen LogP contribution in [0.15, 0.2) is 12.3 Å². The number of nitrogens with two attached hydrogens (primary N) is 1. The van der Waals surface area contributed by atoms with E-state index < -0.39 is 0 Å². The van der Waals surface area contributed by atoms with Crippen LogP contribution in [0.4, 0.5) is 0 Å². The molecule has 0 saturated carbocycles. The van der Waals surface area contributed by atoms with Gasteiger partial charge < -0.3 is 5.73 Å². The smallest absolute Gasteiger partial charge is 0.130 e. The maximum absolute atomic E-state index is 6.14. The van der Waals surface area contributed by atoms with E-state index >= 15 is 0 Å². The van der Waals surface area contributed by atoms with Crippen molar-refractivity contribution in [1.82, 2.24) is 9.88 Å². The van der Waals surface area contributed by atoms with Crippen LogP contribution in [0.2, 0.25) is 10.2 Å². The number of aromatic nitrogens is 1. The lowest BCUT2D eigenvalue weighted by molar-refractivity contribution is 0.171. The molecule has 1 aliphatic heterocycles. The molecule has 2 heterocycles. The van der Waals surface area contributed by atoms with Gasteiger partial charge in [0.15, 0.2) is 0 Å². The van der Waals surface area contributed by atoms with E-state index in [4.69, 9.17) is 28.9 Å². The van der Waals surface area contributed by atoms with Crippen molar-refractivity contribution in [2.45, 2.75) is 19.4 Å². The second-order valence-corrected chi connectivity index (χ2v) is 5.37. The summed E-state index contributed by atoms with van der Waals surface area (Å²) in [6.07, 6.45) is 4.21. The molecule has 1 unspecified atom stereocenters. The second-order valence-electron chi connectivity index (χ2n) is 4.58. The number of hydrogen-bond donors (Lipinski definition) is 1. The van der Waals surface area contributed by atoms with Crippen LogP contribution >= 0.6 is 23.2 Å². The maximum atomic E-state index is 6.14. The predicted molar refractivity (Wildman–Crippen MR) is 71.3 cm³/mol. The van der Waals surface area contributed by atoms with Crippen LogP contribution in [-0.2, 0) is 6.54 Å². The number of likely N-dealkylation sites (tertiary alicyclic amines) is 1. The van der Waals surface area contributed by atoms with Crippen molar-refractivity contribution in [3.8, 4) is 0 Å². The molecule has 0 aromatic carbocycles. The van der Waals surface area contributed by atoms with Gasteiger partial charge in [0, 0.05) is 29.9 Å². The molecule has 1 saturated heterocycles. The highest BCUT2D eigenvalue weighted by atomic mass is 35.5. The van der Waals surface area contributed by atoms with Crippen molar-refractivity contribution in [3.05, 3.63) is 28.0 Å². The summed E-state index contributed by atoms with van der Waals surface area (Å²) in [6.45, 7) is 3.76. The first-order valence-electron chi connectivity index (χ1n) is 5.91. The largest absolute Gasteiger partial charge is 0.330 e. The van der Waals surface area contributed by atoms with Crippen molar-refractivity contribution in [2.75, 3.05) is 19.6 Å². The van der Waals surface area contributed by atoms with Crippen LogP contribution in [0.1, 0.15) is 18.4 Å². The van der Waals surface area contributed by atoms with Gasteiger partial charge in [-0.3, -0.25) is 4.90 Å².